The van der Waals surface area contributed by atoms with Crippen molar-refractivity contribution >= 4 is 33.5 Å². The molecule has 1 aromatic heterocycles. The summed E-state index contributed by atoms with van der Waals surface area (Å²) in [6.07, 6.45) is 0. The minimum Gasteiger partial charge on any atom is -0.421 e. The Kier molecular flexibility index (Phi) is 4.01. The van der Waals surface area contributed by atoms with Crippen molar-refractivity contribution < 1.29 is 9.53 Å². The first-order valence-corrected chi connectivity index (χ1v) is 6.36. The molecule has 0 aliphatic rings. The summed E-state index contributed by atoms with van der Waals surface area (Å²) in [4.78, 5) is 23.0. The molecule has 1 heterocycles. The molecule has 0 fully saturated rings. The van der Waals surface area contributed by atoms with Crippen molar-refractivity contribution in [3.8, 4) is 5.75 Å². The van der Waals surface area contributed by atoms with Crippen LogP contribution in [0.3, 0.4) is 0 Å². The fraction of sp³-hybridized carbons (Fsp3) is 0.0833. The number of halogens is 2. The summed E-state index contributed by atoms with van der Waals surface area (Å²) in [6.45, 7) is 0. The van der Waals surface area contributed by atoms with Gasteiger partial charge in [-0.05, 0) is 40.2 Å². The van der Waals surface area contributed by atoms with Crippen molar-refractivity contribution in [2.24, 2.45) is 7.05 Å². The summed E-state index contributed by atoms with van der Waals surface area (Å²) in [5, 5.41) is 4.32. The summed E-state index contributed by atoms with van der Waals surface area (Å²) in [5.41, 5.74) is -0.256. The van der Waals surface area contributed by atoms with E-state index in [0.29, 0.717) is 15.2 Å². The Bertz CT molecular complexity index is 700. The van der Waals surface area contributed by atoms with Crippen LogP contribution in [0.4, 0.5) is 0 Å². The van der Waals surface area contributed by atoms with Crippen LogP contribution in [0.1, 0.15) is 10.5 Å². The maximum Gasteiger partial charge on any atom is 0.364 e. The molecule has 0 atom stereocenters. The normalized spacial score (nSPS) is 10.3. The van der Waals surface area contributed by atoms with Gasteiger partial charge in [0.1, 0.15) is 5.75 Å². The standard InChI is InChI=1S/C12H8BrClN2O3/c1-16-11(17)5-3-9(15-16)12(18)19-10-4-2-7(14)6-8(10)13/h2-6H,1H3. The molecule has 0 spiro atoms. The second-order valence-corrected chi connectivity index (χ2v) is 4.94. The highest BCUT2D eigenvalue weighted by Gasteiger charge is 2.13. The number of benzene rings is 1. The molecule has 2 rings (SSSR count). The Balaban J connectivity index is 2.25. The largest absolute Gasteiger partial charge is 0.421 e. The summed E-state index contributed by atoms with van der Waals surface area (Å²) in [7, 11) is 1.46. The molecule has 0 aliphatic carbocycles. The average Bonchev–Trinajstić information content (AvgIpc) is 2.36. The SMILES string of the molecule is Cn1nc(C(=O)Oc2ccc(Cl)cc2Br)ccc1=O. The topological polar surface area (TPSA) is 61.2 Å². The summed E-state index contributed by atoms with van der Waals surface area (Å²) in [5.74, 6) is -0.330. The van der Waals surface area contributed by atoms with E-state index in [0.717, 1.165) is 4.68 Å². The third-order valence-corrected chi connectivity index (χ3v) is 3.12. The lowest BCUT2D eigenvalue weighted by molar-refractivity contribution is 0.0724. The van der Waals surface area contributed by atoms with E-state index in [1.165, 1.54) is 19.2 Å². The zero-order valence-electron chi connectivity index (χ0n) is 9.76. The van der Waals surface area contributed by atoms with Crippen molar-refractivity contribution in [3.05, 3.63) is 55.9 Å². The van der Waals surface area contributed by atoms with E-state index < -0.39 is 5.97 Å². The van der Waals surface area contributed by atoms with Crippen LogP contribution in [0.5, 0.6) is 5.75 Å². The van der Waals surface area contributed by atoms with Crippen molar-refractivity contribution in [3.63, 3.8) is 0 Å². The maximum atomic E-state index is 11.9. The molecule has 98 valence electrons. The Labute approximate surface area is 121 Å². The molecule has 0 radical (unpaired) electrons. The third-order valence-electron chi connectivity index (χ3n) is 2.27. The molecule has 0 aliphatic heterocycles. The van der Waals surface area contributed by atoms with Crippen LogP contribution in [0.15, 0.2) is 39.6 Å². The van der Waals surface area contributed by atoms with Crippen LogP contribution in [-0.2, 0) is 7.05 Å². The van der Waals surface area contributed by atoms with Crippen LogP contribution < -0.4 is 10.3 Å². The number of nitrogens with zero attached hydrogens (tertiary/aromatic N) is 2. The quantitative estimate of drug-likeness (QED) is 0.620. The van der Waals surface area contributed by atoms with Gasteiger partial charge in [-0.15, -0.1) is 0 Å². The number of rotatable bonds is 2. The van der Waals surface area contributed by atoms with Gasteiger partial charge in [0.15, 0.2) is 5.69 Å². The zero-order chi connectivity index (χ0) is 14.0. The van der Waals surface area contributed by atoms with Gasteiger partial charge in [0.2, 0.25) is 0 Å². The van der Waals surface area contributed by atoms with Gasteiger partial charge in [0.05, 0.1) is 4.47 Å². The Morgan fingerprint density at radius 3 is 2.74 bits per heavy atom. The number of esters is 1. The molecule has 0 unspecified atom stereocenters. The van der Waals surface area contributed by atoms with Crippen molar-refractivity contribution in [1.29, 1.82) is 0 Å². The fourth-order valence-electron chi connectivity index (χ4n) is 1.32. The molecule has 0 bridgehead atoms. The van der Waals surface area contributed by atoms with Gasteiger partial charge in [-0.2, -0.15) is 5.10 Å². The number of ether oxygens (including phenoxy) is 1. The van der Waals surface area contributed by atoms with Crippen LogP contribution in [0.25, 0.3) is 0 Å². The van der Waals surface area contributed by atoms with Crippen molar-refractivity contribution in [2.45, 2.75) is 0 Å². The monoisotopic (exact) mass is 342 g/mol. The lowest BCUT2D eigenvalue weighted by Gasteiger charge is -2.06. The smallest absolute Gasteiger partial charge is 0.364 e. The van der Waals surface area contributed by atoms with Crippen LogP contribution in [0, 0.1) is 0 Å². The highest BCUT2D eigenvalue weighted by molar-refractivity contribution is 9.10. The highest BCUT2D eigenvalue weighted by Crippen LogP contribution is 2.28. The van der Waals surface area contributed by atoms with Gasteiger partial charge in [0, 0.05) is 18.1 Å². The number of hydrogen-bond donors (Lipinski definition) is 0. The number of aryl methyl sites for hydroxylation is 1. The highest BCUT2D eigenvalue weighted by atomic mass is 79.9. The number of carbonyl (C=O) groups excluding carboxylic acids is 1. The molecule has 5 nitrogen and oxygen atoms in total. The molecule has 2 aromatic rings. The molecule has 0 amide bonds. The van der Waals surface area contributed by atoms with Crippen molar-refractivity contribution in [2.75, 3.05) is 0 Å². The second-order valence-electron chi connectivity index (χ2n) is 3.64. The van der Waals surface area contributed by atoms with E-state index in [2.05, 4.69) is 21.0 Å². The Morgan fingerprint density at radius 2 is 2.11 bits per heavy atom. The summed E-state index contributed by atoms with van der Waals surface area (Å²) >= 11 is 9.02. The van der Waals surface area contributed by atoms with Gasteiger partial charge in [-0.25, -0.2) is 9.48 Å². The number of carbonyl (C=O) groups is 1. The lowest BCUT2D eigenvalue weighted by atomic mass is 10.3. The van der Waals surface area contributed by atoms with E-state index in [1.807, 2.05) is 0 Å². The predicted molar refractivity (Wildman–Crippen MR) is 73.6 cm³/mol. The minimum absolute atomic E-state index is 0.0453. The minimum atomic E-state index is -0.654. The molecular formula is C12H8BrClN2O3. The summed E-state index contributed by atoms with van der Waals surface area (Å²) < 4.78 is 6.78. The second kappa shape index (κ2) is 5.54. The van der Waals surface area contributed by atoms with Gasteiger partial charge in [-0.1, -0.05) is 11.6 Å². The zero-order valence-corrected chi connectivity index (χ0v) is 12.1. The molecule has 19 heavy (non-hydrogen) atoms. The van der Waals surface area contributed by atoms with Crippen molar-refractivity contribution in [1.82, 2.24) is 9.78 Å². The summed E-state index contributed by atoms with van der Waals surface area (Å²) in [6, 6.07) is 7.34. The van der Waals surface area contributed by atoms with E-state index in [-0.39, 0.29) is 11.3 Å². The van der Waals surface area contributed by atoms with E-state index in [4.69, 9.17) is 16.3 Å². The molecule has 7 heteroatoms. The van der Waals surface area contributed by atoms with Crippen LogP contribution >= 0.6 is 27.5 Å². The first-order valence-electron chi connectivity index (χ1n) is 5.19. The average molecular weight is 344 g/mol. The number of aromatic nitrogens is 2. The molecule has 1 aromatic carbocycles. The maximum absolute atomic E-state index is 11.9. The Morgan fingerprint density at radius 1 is 1.37 bits per heavy atom. The van der Waals surface area contributed by atoms with Crippen LogP contribution in [0.2, 0.25) is 5.02 Å². The third kappa shape index (κ3) is 3.21. The van der Waals surface area contributed by atoms with E-state index in [1.54, 1.807) is 18.2 Å². The van der Waals surface area contributed by atoms with Gasteiger partial charge in [0.25, 0.3) is 5.56 Å². The molecule has 0 N–H and O–H groups in total. The first kappa shape index (κ1) is 13.8. The first-order chi connectivity index (χ1) is 8.97. The van der Waals surface area contributed by atoms with E-state index in [9.17, 15) is 9.59 Å². The van der Waals surface area contributed by atoms with Gasteiger partial charge >= 0.3 is 5.97 Å². The van der Waals surface area contributed by atoms with Gasteiger partial charge in [-0.3, -0.25) is 4.79 Å². The molecule has 0 saturated carbocycles. The lowest BCUT2D eigenvalue weighted by Crippen LogP contribution is -2.22. The van der Waals surface area contributed by atoms with Crippen LogP contribution in [-0.4, -0.2) is 15.7 Å². The Hall–Kier alpha value is -1.66. The fourth-order valence-corrected chi connectivity index (χ4v) is 2.08. The van der Waals surface area contributed by atoms with Gasteiger partial charge < -0.3 is 4.74 Å². The van der Waals surface area contributed by atoms with E-state index >= 15 is 0 Å². The molecular weight excluding hydrogens is 336 g/mol. The number of hydrogen-bond acceptors (Lipinski definition) is 4. The molecule has 0 saturated heterocycles. The predicted octanol–water partition coefficient (Wildman–Crippen LogP) is 2.42.